The van der Waals surface area contributed by atoms with Gasteiger partial charge in [-0.05, 0) is 36.5 Å². The molecule has 1 fully saturated rings. The average molecular weight is 317 g/mol. The molecule has 3 heterocycles. The fraction of sp³-hybridized carbons (Fsp3) is 0.357. The number of anilines is 1. The standard InChI is InChI=1S/C14H15N5O2S/c1-9-13(22-18-17-9)14(21)16-7-10-5-11(8-15-6-10)19-4-2-3-12(19)20/h5-6,8H,2-4,7H2,1H3,(H,16,21). The van der Waals surface area contributed by atoms with Gasteiger partial charge in [0.1, 0.15) is 4.88 Å². The van der Waals surface area contributed by atoms with Crippen molar-refractivity contribution in [3.05, 3.63) is 34.6 Å². The molecule has 0 atom stereocenters. The lowest BCUT2D eigenvalue weighted by atomic mass is 10.2. The molecule has 0 bridgehead atoms. The second-order valence-electron chi connectivity index (χ2n) is 5.07. The van der Waals surface area contributed by atoms with Crippen LogP contribution in [0.25, 0.3) is 0 Å². The van der Waals surface area contributed by atoms with Gasteiger partial charge in [0.05, 0.1) is 17.6 Å². The smallest absolute Gasteiger partial charge is 0.265 e. The van der Waals surface area contributed by atoms with Gasteiger partial charge < -0.3 is 10.2 Å². The van der Waals surface area contributed by atoms with E-state index in [9.17, 15) is 9.59 Å². The van der Waals surface area contributed by atoms with Crippen LogP contribution in [-0.2, 0) is 11.3 Å². The summed E-state index contributed by atoms with van der Waals surface area (Å²) in [5.41, 5.74) is 2.25. The number of carbonyl (C=O) groups excluding carboxylic acids is 2. The van der Waals surface area contributed by atoms with Crippen LogP contribution in [0.2, 0.25) is 0 Å². The van der Waals surface area contributed by atoms with Crippen LogP contribution in [0.5, 0.6) is 0 Å². The molecule has 22 heavy (non-hydrogen) atoms. The van der Waals surface area contributed by atoms with Gasteiger partial charge in [0, 0.05) is 25.7 Å². The lowest BCUT2D eigenvalue weighted by molar-refractivity contribution is -0.117. The van der Waals surface area contributed by atoms with Gasteiger partial charge in [-0.25, -0.2) is 0 Å². The number of amides is 2. The Balaban J connectivity index is 1.67. The molecule has 0 aliphatic carbocycles. The molecular formula is C14H15N5O2S. The van der Waals surface area contributed by atoms with E-state index < -0.39 is 0 Å². The van der Waals surface area contributed by atoms with Gasteiger partial charge in [-0.3, -0.25) is 14.6 Å². The molecule has 1 saturated heterocycles. The monoisotopic (exact) mass is 317 g/mol. The van der Waals surface area contributed by atoms with Gasteiger partial charge >= 0.3 is 0 Å². The van der Waals surface area contributed by atoms with Gasteiger partial charge in [-0.1, -0.05) is 4.49 Å². The number of aromatic nitrogens is 3. The number of aryl methyl sites for hydroxylation is 1. The SMILES string of the molecule is Cc1nnsc1C(=O)NCc1cncc(N2CCCC2=O)c1. The largest absolute Gasteiger partial charge is 0.347 e. The Morgan fingerprint density at radius 2 is 2.32 bits per heavy atom. The third-order valence-corrected chi connectivity index (χ3v) is 4.30. The molecule has 2 aromatic heterocycles. The molecule has 0 saturated carbocycles. The van der Waals surface area contributed by atoms with Crippen molar-refractivity contribution in [3.8, 4) is 0 Å². The third kappa shape index (κ3) is 2.96. The second-order valence-corrected chi connectivity index (χ2v) is 5.82. The zero-order valence-electron chi connectivity index (χ0n) is 12.1. The first kappa shape index (κ1) is 14.6. The minimum atomic E-state index is -0.199. The second kappa shape index (κ2) is 6.18. The average Bonchev–Trinajstić information content (AvgIpc) is 3.13. The molecule has 3 rings (SSSR count). The zero-order chi connectivity index (χ0) is 15.5. The summed E-state index contributed by atoms with van der Waals surface area (Å²) in [4.78, 5) is 30.2. The molecule has 7 nitrogen and oxygen atoms in total. The lowest BCUT2D eigenvalue weighted by Crippen LogP contribution is -2.25. The van der Waals surface area contributed by atoms with Crippen molar-refractivity contribution in [1.82, 2.24) is 19.9 Å². The number of hydrogen-bond donors (Lipinski definition) is 1. The van der Waals surface area contributed by atoms with Crippen molar-refractivity contribution in [2.24, 2.45) is 0 Å². The van der Waals surface area contributed by atoms with E-state index in [1.54, 1.807) is 24.2 Å². The highest BCUT2D eigenvalue weighted by molar-refractivity contribution is 7.07. The Hall–Kier alpha value is -2.35. The van der Waals surface area contributed by atoms with Gasteiger partial charge in [-0.2, -0.15) is 0 Å². The van der Waals surface area contributed by atoms with Crippen molar-refractivity contribution >= 4 is 29.0 Å². The third-order valence-electron chi connectivity index (χ3n) is 3.48. The number of rotatable bonds is 4. The number of pyridine rings is 1. The summed E-state index contributed by atoms with van der Waals surface area (Å²) in [6.07, 6.45) is 4.81. The molecular weight excluding hydrogens is 302 g/mol. The van der Waals surface area contributed by atoms with Crippen LogP contribution < -0.4 is 10.2 Å². The Labute approximate surface area is 131 Å². The Bertz CT molecular complexity index is 715. The van der Waals surface area contributed by atoms with E-state index in [2.05, 4.69) is 19.9 Å². The summed E-state index contributed by atoms with van der Waals surface area (Å²) < 4.78 is 3.75. The van der Waals surface area contributed by atoms with E-state index in [-0.39, 0.29) is 11.8 Å². The van der Waals surface area contributed by atoms with Crippen molar-refractivity contribution in [2.45, 2.75) is 26.3 Å². The molecule has 1 aliphatic heterocycles. The lowest BCUT2D eigenvalue weighted by Gasteiger charge is -2.16. The predicted octanol–water partition coefficient (Wildman–Crippen LogP) is 1.30. The molecule has 114 valence electrons. The molecule has 1 N–H and O–H groups in total. The van der Waals surface area contributed by atoms with Crippen molar-refractivity contribution < 1.29 is 9.59 Å². The molecule has 2 amide bonds. The van der Waals surface area contributed by atoms with E-state index in [1.165, 1.54) is 0 Å². The Morgan fingerprint density at radius 1 is 1.45 bits per heavy atom. The topological polar surface area (TPSA) is 88.1 Å². The summed E-state index contributed by atoms with van der Waals surface area (Å²) in [6, 6.07) is 1.88. The maximum Gasteiger partial charge on any atom is 0.265 e. The van der Waals surface area contributed by atoms with E-state index >= 15 is 0 Å². The fourth-order valence-corrected chi connectivity index (χ4v) is 2.91. The molecule has 1 aliphatic rings. The Kier molecular flexibility index (Phi) is 4.10. The van der Waals surface area contributed by atoms with E-state index in [0.29, 0.717) is 23.5 Å². The molecule has 0 spiro atoms. The number of carbonyl (C=O) groups is 2. The summed E-state index contributed by atoms with van der Waals surface area (Å²) >= 11 is 1.07. The summed E-state index contributed by atoms with van der Waals surface area (Å²) in [5, 5.41) is 6.64. The van der Waals surface area contributed by atoms with Gasteiger partial charge in [-0.15, -0.1) is 5.10 Å². The minimum Gasteiger partial charge on any atom is -0.347 e. The van der Waals surface area contributed by atoms with Crippen LogP contribution in [0.1, 0.15) is 33.8 Å². The highest BCUT2D eigenvalue weighted by Crippen LogP contribution is 2.21. The van der Waals surface area contributed by atoms with Gasteiger partial charge in [0.2, 0.25) is 5.91 Å². The van der Waals surface area contributed by atoms with Crippen molar-refractivity contribution in [1.29, 1.82) is 0 Å². The quantitative estimate of drug-likeness (QED) is 0.918. The fourth-order valence-electron chi connectivity index (χ4n) is 2.34. The van der Waals surface area contributed by atoms with Crippen LogP contribution in [0.15, 0.2) is 18.5 Å². The number of hydrogen-bond acceptors (Lipinski definition) is 6. The van der Waals surface area contributed by atoms with Crippen LogP contribution in [-0.4, -0.2) is 32.9 Å². The van der Waals surface area contributed by atoms with E-state index in [1.807, 2.05) is 6.07 Å². The highest BCUT2D eigenvalue weighted by Gasteiger charge is 2.22. The van der Waals surface area contributed by atoms with E-state index in [0.717, 1.165) is 35.7 Å². The van der Waals surface area contributed by atoms with Crippen molar-refractivity contribution in [3.63, 3.8) is 0 Å². The first-order chi connectivity index (χ1) is 10.6. The zero-order valence-corrected chi connectivity index (χ0v) is 12.9. The summed E-state index contributed by atoms with van der Waals surface area (Å²) in [6.45, 7) is 2.82. The Morgan fingerprint density at radius 3 is 3.00 bits per heavy atom. The first-order valence-corrected chi connectivity index (χ1v) is 7.74. The normalized spacial score (nSPS) is 14.4. The first-order valence-electron chi connectivity index (χ1n) is 6.96. The molecule has 8 heteroatoms. The summed E-state index contributed by atoms with van der Waals surface area (Å²) in [7, 11) is 0. The van der Waals surface area contributed by atoms with Crippen LogP contribution >= 0.6 is 11.5 Å². The maximum atomic E-state index is 12.0. The van der Waals surface area contributed by atoms with E-state index in [4.69, 9.17) is 0 Å². The molecule has 0 aromatic carbocycles. The molecule has 0 unspecified atom stereocenters. The number of nitrogens with zero attached hydrogens (tertiary/aromatic N) is 4. The van der Waals surface area contributed by atoms with Crippen LogP contribution in [0.3, 0.4) is 0 Å². The molecule has 2 aromatic rings. The van der Waals surface area contributed by atoms with Crippen LogP contribution in [0, 0.1) is 6.92 Å². The summed E-state index contributed by atoms with van der Waals surface area (Å²) in [5.74, 6) is -0.0792. The van der Waals surface area contributed by atoms with Crippen LogP contribution in [0.4, 0.5) is 5.69 Å². The maximum absolute atomic E-state index is 12.0. The highest BCUT2D eigenvalue weighted by atomic mass is 32.1. The molecule has 0 radical (unpaired) electrons. The van der Waals surface area contributed by atoms with Crippen molar-refractivity contribution in [2.75, 3.05) is 11.4 Å². The number of nitrogens with one attached hydrogen (secondary N) is 1. The minimum absolute atomic E-state index is 0.120. The predicted molar refractivity (Wildman–Crippen MR) is 81.6 cm³/mol. The van der Waals surface area contributed by atoms with Gasteiger partial charge in [0.25, 0.3) is 5.91 Å². The van der Waals surface area contributed by atoms with Gasteiger partial charge in [0.15, 0.2) is 0 Å².